The molecule has 0 aliphatic carbocycles. The van der Waals surface area contributed by atoms with Crippen molar-refractivity contribution in [2.75, 3.05) is 13.7 Å². The Morgan fingerprint density at radius 2 is 1.86 bits per heavy atom. The van der Waals surface area contributed by atoms with Crippen LogP contribution in [0.4, 0.5) is 0 Å². The maximum Gasteiger partial charge on any atom is 0.243 e. The predicted octanol–water partition coefficient (Wildman–Crippen LogP) is 3.20. The van der Waals surface area contributed by atoms with E-state index < -0.39 is 10.0 Å². The molecule has 0 bridgehead atoms. The monoisotopic (exact) mass is 381 g/mol. The second kappa shape index (κ2) is 6.02. The zero-order valence-electron chi connectivity index (χ0n) is 12.1. The van der Waals surface area contributed by atoms with Gasteiger partial charge in [-0.1, -0.05) is 24.3 Å². The van der Waals surface area contributed by atoms with Gasteiger partial charge in [0.2, 0.25) is 10.0 Å². The van der Waals surface area contributed by atoms with Crippen molar-refractivity contribution in [3.8, 4) is 5.75 Å². The van der Waals surface area contributed by atoms with E-state index in [9.17, 15) is 8.42 Å². The van der Waals surface area contributed by atoms with E-state index in [2.05, 4.69) is 22.0 Å². The summed E-state index contributed by atoms with van der Waals surface area (Å²) < 4.78 is 33.1. The standard InChI is InChI=1S/C16H16BrNO3S/c1-21-16-10-14(6-7-15(16)17)22(19,20)18-9-8-12-4-2-3-5-13(12)11-18/h2-7,10H,8-9,11H2,1H3. The fourth-order valence-corrected chi connectivity index (χ4v) is 4.47. The second-order valence-corrected chi connectivity index (χ2v) is 7.95. The maximum absolute atomic E-state index is 12.8. The molecule has 0 radical (unpaired) electrons. The molecule has 0 aromatic heterocycles. The van der Waals surface area contributed by atoms with E-state index in [0.717, 1.165) is 16.5 Å². The van der Waals surface area contributed by atoms with Gasteiger partial charge in [-0.25, -0.2) is 8.42 Å². The van der Waals surface area contributed by atoms with Crippen LogP contribution in [-0.4, -0.2) is 26.4 Å². The smallest absolute Gasteiger partial charge is 0.243 e. The Labute approximate surface area is 138 Å². The van der Waals surface area contributed by atoms with E-state index in [1.54, 1.807) is 18.2 Å². The second-order valence-electron chi connectivity index (χ2n) is 5.15. The Morgan fingerprint density at radius 3 is 2.59 bits per heavy atom. The van der Waals surface area contributed by atoms with Crippen molar-refractivity contribution in [2.24, 2.45) is 0 Å². The molecule has 0 amide bonds. The lowest BCUT2D eigenvalue weighted by Gasteiger charge is -2.28. The van der Waals surface area contributed by atoms with Crippen molar-refractivity contribution < 1.29 is 13.2 Å². The highest BCUT2D eigenvalue weighted by Crippen LogP contribution is 2.30. The van der Waals surface area contributed by atoms with Gasteiger partial charge in [0.1, 0.15) is 5.75 Å². The van der Waals surface area contributed by atoms with Gasteiger partial charge in [-0.3, -0.25) is 0 Å². The van der Waals surface area contributed by atoms with Crippen molar-refractivity contribution in [3.05, 3.63) is 58.1 Å². The van der Waals surface area contributed by atoms with Crippen molar-refractivity contribution in [3.63, 3.8) is 0 Å². The normalized spacial score (nSPS) is 15.4. The SMILES string of the molecule is COc1cc(S(=O)(=O)N2CCc3ccccc3C2)ccc1Br. The molecule has 0 unspecified atom stereocenters. The molecule has 116 valence electrons. The van der Waals surface area contributed by atoms with Crippen molar-refractivity contribution >= 4 is 26.0 Å². The van der Waals surface area contributed by atoms with Crippen molar-refractivity contribution in [2.45, 2.75) is 17.9 Å². The third-order valence-electron chi connectivity index (χ3n) is 3.86. The average Bonchev–Trinajstić information content (AvgIpc) is 2.54. The van der Waals surface area contributed by atoms with Crippen LogP contribution in [0, 0.1) is 0 Å². The topological polar surface area (TPSA) is 46.6 Å². The van der Waals surface area contributed by atoms with E-state index in [0.29, 0.717) is 18.8 Å². The summed E-state index contributed by atoms with van der Waals surface area (Å²) in [6.07, 6.45) is 0.739. The molecule has 1 heterocycles. The quantitative estimate of drug-likeness (QED) is 0.819. The Hall–Kier alpha value is -1.37. The third-order valence-corrected chi connectivity index (χ3v) is 6.35. The number of fused-ring (bicyclic) bond motifs is 1. The van der Waals surface area contributed by atoms with Crippen LogP contribution in [0.5, 0.6) is 5.75 Å². The summed E-state index contributed by atoms with van der Waals surface area (Å²) in [6.45, 7) is 0.911. The minimum atomic E-state index is -3.52. The van der Waals surface area contributed by atoms with Crippen LogP contribution < -0.4 is 4.74 Å². The highest BCUT2D eigenvalue weighted by atomic mass is 79.9. The van der Waals surface area contributed by atoms with Gasteiger partial charge in [0.05, 0.1) is 16.5 Å². The van der Waals surface area contributed by atoms with Gasteiger partial charge < -0.3 is 4.74 Å². The number of nitrogens with zero attached hydrogens (tertiary/aromatic N) is 1. The van der Waals surface area contributed by atoms with Gasteiger partial charge in [0, 0.05) is 19.2 Å². The Bertz CT molecular complexity index is 805. The van der Waals surface area contributed by atoms with Crippen LogP contribution in [0.15, 0.2) is 51.8 Å². The molecule has 2 aromatic rings. The summed E-state index contributed by atoms with van der Waals surface area (Å²) in [4.78, 5) is 0.256. The van der Waals surface area contributed by atoms with Crippen LogP contribution in [0.1, 0.15) is 11.1 Å². The Balaban J connectivity index is 1.94. The lowest BCUT2D eigenvalue weighted by molar-refractivity contribution is 0.389. The molecule has 2 aromatic carbocycles. The maximum atomic E-state index is 12.8. The number of hydrogen-bond acceptors (Lipinski definition) is 3. The van der Waals surface area contributed by atoms with Crippen LogP contribution in [-0.2, 0) is 23.0 Å². The first-order chi connectivity index (χ1) is 10.5. The molecule has 0 spiro atoms. The molecule has 0 saturated carbocycles. The van der Waals surface area contributed by atoms with Crippen LogP contribution >= 0.6 is 15.9 Å². The van der Waals surface area contributed by atoms with Crippen molar-refractivity contribution in [1.82, 2.24) is 4.31 Å². The van der Waals surface area contributed by atoms with Crippen molar-refractivity contribution in [1.29, 1.82) is 0 Å². The number of methoxy groups -OCH3 is 1. The molecule has 6 heteroatoms. The van der Waals surface area contributed by atoms with Gasteiger partial charge in [0.25, 0.3) is 0 Å². The number of halogens is 1. The summed E-state index contributed by atoms with van der Waals surface area (Å²) in [5, 5.41) is 0. The molecule has 3 rings (SSSR count). The highest BCUT2D eigenvalue weighted by molar-refractivity contribution is 9.10. The van der Waals surface area contributed by atoms with E-state index in [4.69, 9.17) is 4.74 Å². The molecule has 0 N–H and O–H groups in total. The summed E-state index contributed by atoms with van der Waals surface area (Å²) in [6, 6.07) is 12.8. The summed E-state index contributed by atoms with van der Waals surface area (Å²) >= 11 is 3.34. The van der Waals surface area contributed by atoms with Crippen LogP contribution in [0.25, 0.3) is 0 Å². The average molecular weight is 382 g/mol. The van der Waals surface area contributed by atoms with Gasteiger partial charge in [-0.2, -0.15) is 4.31 Å². The summed E-state index contributed by atoms with van der Waals surface area (Å²) in [5.74, 6) is 0.512. The van der Waals surface area contributed by atoms with E-state index in [-0.39, 0.29) is 4.90 Å². The molecule has 1 aliphatic rings. The zero-order valence-corrected chi connectivity index (χ0v) is 14.5. The molecule has 22 heavy (non-hydrogen) atoms. The van der Waals surface area contributed by atoms with Crippen LogP contribution in [0.2, 0.25) is 0 Å². The number of benzene rings is 2. The lowest BCUT2D eigenvalue weighted by Crippen LogP contribution is -2.35. The first kappa shape index (κ1) is 15.5. The van der Waals surface area contributed by atoms with Gasteiger partial charge in [-0.05, 0) is 45.6 Å². The molecule has 0 saturated heterocycles. The Morgan fingerprint density at radius 1 is 1.14 bits per heavy atom. The van der Waals surface area contributed by atoms with Gasteiger partial charge in [-0.15, -0.1) is 0 Å². The largest absolute Gasteiger partial charge is 0.496 e. The molecular formula is C16H16BrNO3S. The fourth-order valence-electron chi connectivity index (χ4n) is 2.62. The third kappa shape index (κ3) is 2.78. The first-order valence-electron chi connectivity index (χ1n) is 6.93. The summed E-state index contributed by atoms with van der Waals surface area (Å²) in [5.41, 5.74) is 2.30. The summed E-state index contributed by atoms with van der Waals surface area (Å²) in [7, 11) is -2.00. The molecular weight excluding hydrogens is 366 g/mol. The highest BCUT2D eigenvalue weighted by Gasteiger charge is 2.28. The van der Waals surface area contributed by atoms with E-state index in [1.165, 1.54) is 17.0 Å². The minimum absolute atomic E-state index is 0.256. The van der Waals surface area contributed by atoms with E-state index >= 15 is 0 Å². The minimum Gasteiger partial charge on any atom is -0.496 e. The van der Waals surface area contributed by atoms with Gasteiger partial charge >= 0.3 is 0 Å². The van der Waals surface area contributed by atoms with Crippen LogP contribution in [0.3, 0.4) is 0 Å². The molecule has 1 aliphatic heterocycles. The number of ether oxygens (including phenoxy) is 1. The molecule has 4 nitrogen and oxygen atoms in total. The van der Waals surface area contributed by atoms with E-state index in [1.807, 2.05) is 18.2 Å². The zero-order chi connectivity index (χ0) is 15.7. The number of rotatable bonds is 3. The van der Waals surface area contributed by atoms with Gasteiger partial charge in [0.15, 0.2) is 0 Å². The molecule has 0 fully saturated rings. The number of sulfonamides is 1. The Kier molecular flexibility index (Phi) is 4.25. The number of hydrogen-bond donors (Lipinski definition) is 0. The lowest BCUT2D eigenvalue weighted by atomic mass is 10.0. The molecule has 0 atom stereocenters. The predicted molar refractivity (Wildman–Crippen MR) is 88.4 cm³/mol. The fraction of sp³-hybridized carbons (Fsp3) is 0.250. The first-order valence-corrected chi connectivity index (χ1v) is 9.16.